The Balaban J connectivity index is 2.33. The maximum absolute atomic E-state index is 11.0. The molecule has 17 heavy (non-hydrogen) atoms. The molecule has 1 heterocycles. The minimum absolute atomic E-state index is 0.454. The van der Waals surface area contributed by atoms with Crippen LogP contribution < -0.4 is 5.73 Å². The van der Waals surface area contributed by atoms with E-state index in [9.17, 15) is 4.79 Å². The van der Waals surface area contributed by atoms with Crippen molar-refractivity contribution in [3.8, 4) is 0 Å². The highest BCUT2D eigenvalue weighted by atomic mass is 32.2. The van der Waals surface area contributed by atoms with Crippen molar-refractivity contribution in [2.45, 2.75) is 36.9 Å². The normalized spacial score (nSPS) is 14.5. The number of hydrogen-bond acceptors (Lipinski definition) is 4. The minimum atomic E-state index is -1.08. The van der Waals surface area contributed by atoms with E-state index in [2.05, 4.69) is 4.98 Å². The Morgan fingerprint density at radius 2 is 2.41 bits per heavy atom. The van der Waals surface area contributed by atoms with E-state index >= 15 is 0 Å². The quantitative estimate of drug-likeness (QED) is 0.571. The predicted molar refractivity (Wildman–Crippen MR) is 68.0 cm³/mol. The molecular formula is C11H19N3O2S. The molecule has 0 aliphatic heterocycles. The van der Waals surface area contributed by atoms with Gasteiger partial charge in [0.25, 0.3) is 0 Å². The largest absolute Gasteiger partial charge is 0.480 e. The van der Waals surface area contributed by atoms with Crippen LogP contribution in [0.5, 0.6) is 0 Å². The van der Waals surface area contributed by atoms with E-state index in [0.29, 0.717) is 12.8 Å². The van der Waals surface area contributed by atoms with E-state index < -0.39 is 11.5 Å². The summed E-state index contributed by atoms with van der Waals surface area (Å²) in [7, 11) is 1.94. The molecule has 96 valence electrons. The van der Waals surface area contributed by atoms with Crippen molar-refractivity contribution in [1.82, 2.24) is 9.55 Å². The number of rotatable bonds is 7. The fourth-order valence-corrected chi connectivity index (χ4v) is 2.35. The van der Waals surface area contributed by atoms with E-state index in [1.54, 1.807) is 24.9 Å². The average Bonchev–Trinajstić information content (AvgIpc) is 2.70. The first-order valence-electron chi connectivity index (χ1n) is 5.62. The molecule has 0 aliphatic carbocycles. The van der Waals surface area contributed by atoms with Crippen molar-refractivity contribution < 1.29 is 9.90 Å². The van der Waals surface area contributed by atoms with Gasteiger partial charge in [0.15, 0.2) is 5.16 Å². The summed E-state index contributed by atoms with van der Waals surface area (Å²) >= 11 is 1.62. The number of thioether (sulfide) groups is 1. The van der Waals surface area contributed by atoms with E-state index in [1.165, 1.54) is 0 Å². The van der Waals surface area contributed by atoms with E-state index in [1.807, 2.05) is 17.8 Å². The second-order valence-corrected chi connectivity index (χ2v) is 5.15. The van der Waals surface area contributed by atoms with Crippen LogP contribution in [0, 0.1) is 0 Å². The third-order valence-electron chi connectivity index (χ3n) is 2.83. The lowest BCUT2D eigenvalue weighted by Gasteiger charge is -2.22. The van der Waals surface area contributed by atoms with Gasteiger partial charge in [-0.25, -0.2) is 4.98 Å². The van der Waals surface area contributed by atoms with Crippen LogP contribution in [0.2, 0.25) is 0 Å². The molecule has 0 aromatic carbocycles. The number of carbonyl (C=O) groups is 1. The topological polar surface area (TPSA) is 81.1 Å². The van der Waals surface area contributed by atoms with Crippen molar-refractivity contribution in [3.63, 3.8) is 0 Å². The van der Waals surface area contributed by atoms with Crippen molar-refractivity contribution in [2.24, 2.45) is 12.8 Å². The third-order valence-corrected chi connectivity index (χ3v) is 3.98. The van der Waals surface area contributed by atoms with Crippen LogP contribution >= 0.6 is 11.8 Å². The smallest absolute Gasteiger partial charge is 0.323 e. The highest BCUT2D eigenvalue weighted by Crippen LogP contribution is 2.20. The summed E-state index contributed by atoms with van der Waals surface area (Å²) in [6.07, 6.45) is 5.36. The zero-order valence-corrected chi connectivity index (χ0v) is 11.0. The molecule has 0 fully saturated rings. The SMILES string of the molecule is CCC(N)(CCCSc1nccn1C)C(=O)O. The van der Waals surface area contributed by atoms with Crippen LogP contribution in [0.3, 0.4) is 0 Å². The number of carboxylic acids is 1. The van der Waals surface area contributed by atoms with Crippen molar-refractivity contribution in [2.75, 3.05) is 5.75 Å². The molecule has 0 bridgehead atoms. The van der Waals surface area contributed by atoms with Crippen LogP contribution in [0.15, 0.2) is 17.6 Å². The Bertz CT molecular complexity index is 381. The maximum atomic E-state index is 11.0. The van der Waals surface area contributed by atoms with Gasteiger partial charge >= 0.3 is 5.97 Å². The van der Waals surface area contributed by atoms with Gasteiger partial charge in [0.05, 0.1) is 0 Å². The first-order chi connectivity index (χ1) is 7.99. The van der Waals surface area contributed by atoms with Crippen LogP contribution in [0.25, 0.3) is 0 Å². The fraction of sp³-hybridized carbons (Fsp3) is 0.636. The summed E-state index contributed by atoms with van der Waals surface area (Å²) < 4.78 is 1.94. The lowest BCUT2D eigenvalue weighted by molar-refractivity contribution is -0.143. The predicted octanol–water partition coefficient (Wildman–Crippen LogP) is 1.48. The van der Waals surface area contributed by atoms with Crippen molar-refractivity contribution in [3.05, 3.63) is 12.4 Å². The van der Waals surface area contributed by atoms with Crippen LogP contribution in [0.1, 0.15) is 26.2 Å². The Hall–Kier alpha value is -1.01. The number of aromatic nitrogens is 2. The van der Waals surface area contributed by atoms with Gasteiger partial charge in [0, 0.05) is 25.2 Å². The third kappa shape index (κ3) is 3.74. The molecule has 1 unspecified atom stereocenters. The number of aliphatic carboxylic acids is 1. The summed E-state index contributed by atoms with van der Waals surface area (Å²) in [5.74, 6) is -0.0844. The lowest BCUT2D eigenvalue weighted by Crippen LogP contribution is -2.47. The molecule has 0 spiro atoms. The van der Waals surface area contributed by atoms with Gasteiger partial charge in [-0.2, -0.15) is 0 Å². The molecule has 3 N–H and O–H groups in total. The maximum Gasteiger partial charge on any atom is 0.323 e. The first kappa shape index (κ1) is 14.1. The highest BCUT2D eigenvalue weighted by molar-refractivity contribution is 7.99. The van der Waals surface area contributed by atoms with Crippen molar-refractivity contribution in [1.29, 1.82) is 0 Å². The molecule has 1 aromatic rings. The zero-order chi connectivity index (χ0) is 12.9. The second-order valence-electron chi connectivity index (χ2n) is 4.09. The highest BCUT2D eigenvalue weighted by Gasteiger charge is 2.30. The number of nitrogens with zero attached hydrogens (tertiary/aromatic N) is 2. The van der Waals surface area contributed by atoms with Crippen molar-refractivity contribution >= 4 is 17.7 Å². The Morgan fingerprint density at radius 3 is 2.88 bits per heavy atom. The molecule has 1 aromatic heterocycles. The summed E-state index contributed by atoms with van der Waals surface area (Å²) in [4.78, 5) is 15.2. The number of nitrogens with two attached hydrogens (primary N) is 1. The summed E-state index contributed by atoms with van der Waals surface area (Å²) in [6, 6.07) is 0. The molecule has 0 aliphatic rings. The standard InChI is InChI=1S/C11H19N3O2S/c1-3-11(12,9(15)16)5-4-8-17-10-13-6-7-14(10)2/h6-7H,3-5,8,12H2,1-2H3,(H,15,16). The lowest BCUT2D eigenvalue weighted by atomic mass is 9.92. The molecule has 0 saturated heterocycles. The van der Waals surface area contributed by atoms with Gasteiger partial charge in [0.2, 0.25) is 0 Å². The van der Waals surface area contributed by atoms with Crippen LogP contribution in [-0.2, 0) is 11.8 Å². The monoisotopic (exact) mass is 257 g/mol. The molecule has 0 radical (unpaired) electrons. The van der Waals surface area contributed by atoms with Crippen LogP contribution in [-0.4, -0.2) is 31.9 Å². The van der Waals surface area contributed by atoms with E-state index in [0.717, 1.165) is 17.3 Å². The molecule has 1 atom stereocenters. The van der Waals surface area contributed by atoms with Gasteiger partial charge in [-0.05, 0) is 19.3 Å². The Kier molecular flexibility index (Phi) is 5.02. The Labute approximate surface area is 105 Å². The van der Waals surface area contributed by atoms with E-state index in [-0.39, 0.29) is 0 Å². The zero-order valence-electron chi connectivity index (χ0n) is 10.2. The Morgan fingerprint density at radius 1 is 1.71 bits per heavy atom. The summed E-state index contributed by atoms with van der Waals surface area (Å²) in [6.45, 7) is 1.81. The average molecular weight is 257 g/mol. The number of carboxylic acid groups (broad SMARTS) is 1. The minimum Gasteiger partial charge on any atom is -0.480 e. The van der Waals surface area contributed by atoms with E-state index in [4.69, 9.17) is 10.8 Å². The van der Waals surface area contributed by atoms with Crippen LogP contribution in [0.4, 0.5) is 0 Å². The second kappa shape index (κ2) is 6.07. The summed E-state index contributed by atoms with van der Waals surface area (Å²) in [5, 5.41) is 9.96. The summed E-state index contributed by atoms with van der Waals surface area (Å²) in [5.41, 5.74) is 4.72. The number of aryl methyl sites for hydroxylation is 1. The van der Waals surface area contributed by atoms with Gasteiger partial charge in [-0.3, -0.25) is 4.79 Å². The molecule has 1 rings (SSSR count). The van der Waals surface area contributed by atoms with Gasteiger partial charge in [-0.1, -0.05) is 18.7 Å². The first-order valence-corrected chi connectivity index (χ1v) is 6.60. The molecule has 0 saturated carbocycles. The molecular weight excluding hydrogens is 238 g/mol. The number of imidazole rings is 1. The fourth-order valence-electron chi connectivity index (χ4n) is 1.48. The van der Waals surface area contributed by atoms with Gasteiger partial charge < -0.3 is 15.4 Å². The number of hydrogen-bond donors (Lipinski definition) is 2. The van der Waals surface area contributed by atoms with Gasteiger partial charge in [-0.15, -0.1) is 0 Å². The molecule has 0 amide bonds. The van der Waals surface area contributed by atoms with Gasteiger partial charge in [0.1, 0.15) is 5.54 Å². The molecule has 6 heteroatoms. The molecule has 5 nitrogen and oxygen atoms in total.